The molecule has 0 spiro atoms. The van der Waals surface area contributed by atoms with Crippen molar-refractivity contribution in [3.05, 3.63) is 83.4 Å². The molecule has 1 saturated carbocycles. The van der Waals surface area contributed by atoms with Crippen LogP contribution in [-0.4, -0.2) is 62.9 Å². The first-order valence-electron chi connectivity index (χ1n) is 14.8. The minimum atomic E-state index is -0.240. The summed E-state index contributed by atoms with van der Waals surface area (Å²) in [5.41, 5.74) is 19.1. The van der Waals surface area contributed by atoms with Crippen LogP contribution in [0.15, 0.2) is 71.5 Å². The fourth-order valence-electron chi connectivity index (χ4n) is 6.04. The average Bonchev–Trinajstić information content (AvgIpc) is 3.78. The van der Waals surface area contributed by atoms with Crippen LogP contribution in [0.3, 0.4) is 0 Å². The molecule has 12 nitrogen and oxygen atoms in total. The number of fused-ring (bicyclic) bond motifs is 3. The lowest BCUT2D eigenvalue weighted by Crippen LogP contribution is -2.48. The third-order valence-corrected chi connectivity index (χ3v) is 8.51. The number of nitrogens with one attached hydrogen (secondary N) is 1. The van der Waals surface area contributed by atoms with Crippen molar-refractivity contribution in [1.29, 1.82) is 0 Å². The summed E-state index contributed by atoms with van der Waals surface area (Å²) >= 11 is 0. The topological polar surface area (TPSA) is 168 Å². The third kappa shape index (κ3) is 5.55. The fraction of sp³-hybridized carbons (Fsp3) is 0.344. The molecule has 6 rings (SSSR count). The number of likely N-dealkylation sites (tertiary alicyclic amines) is 1. The highest BCUT2D eigenvalue weighted by atomic mass is 16.2. The Balaban J connectivity index is 1.27. The van der Waals surface area contributed by atoms with E-state index >= 15 is 0 Å². The van der Waals surface area contributed by atoms with E-state index in [0.29, 0.717) is 11.3 Å². The molecule has 1 saturated heterocycles. The Morgan fingerprint density at radius 3 is 2.61 bits per heavy atom. The number of rotatable bonds is 10. The average molecular weight is 596 g/mol. The van der Waals surface area contributed by atoms with Crippen molar-refractivity contribution in [2.24, 2.45) is 22.4 Å². The van der Waals surface area contributed by atoms with Crippen LogP contribution < -0.4 is 21.7 Å². The molecule has 3 aromatic rings. The van der Waals surface area contributed by atoms with Gasteiger partial charge < -0.3 is 26.8 Å². The molecular weight excluding hydrogens is 558 g/mol. The molecule has 12 heteroatoms. The number of hydrogen-bond acceptors (Lipinski definition) is 9. The first-order valence-corrected chi connectivity index (χ1v) is 14.8. The van der Waals surface area contributed by atoms with Crippen LogP contribution in [0.4, 0.5) is 11.4 Å². The van der Waals surface area contributed by atoms with E-state index in [1.807, 2.05) is 24.4 Å². The molecule has 1 aromatic carbocycles. The van der Waals surface area contributed by atoms with E-state index < -0.39 is 0 Å². The quantitative estimate of drug-likeness (QED) is 0.0892. The smallest absolute Gasteiger partial charge is 0.250 e. The van der Waals surface area contributed by atoms with Crippen LogP contribution in [0.25, 0.3) is 11.1 Å². The first-order chi connectivity index (χ1) is 21.3. The lowest BCUT2D eigenvalue weighted by molar-refractivity contribution is -0.118. The van der Waals surface area contributed by atoms with Crippen molar-refractivity contribution >= 4 is 29.4 Å². The highest BCUT2D eigenvalue weighted by Gasteiger charge is 2.38. The maximum absolute atomic E-state index is 12.2. The van der Waals surface area contributed by atoms with Crippen LogP contribution in [0.5, 0.6) is 0 Å². The van der Waals surface area contributed by atoms with Crippen molar-refractivity contribution in [2.75, 3.05) is 30.4 Å². The van der Waals surface area contributed by atoms with Crippen molar-refractivity contribution in [1.82, 2.24) is 19.7 Å². The molecule has 1 unspecified atom stereocenters. The van der Waals surface area contributed by atoms with Crippen LogP contribution >= 0.6 is 0 Å². The van der Waals surface area contributed by atoms with Crippen LogP contribution in [0, 0.1) is 5.92 Å². The Morgan fingerprint density at radius 1 is 1.16 bits per heavy atom. The highest BCUT2D eigenvalue weighted by molar-refractivity contribution is 6.02. The molecule has 2 aromatic heterocycles. The lowest BCUT2D eigenvalue weighted by Gasteiger charge is -2.43. The molecule has 44 heavy (non-hydrogen) atoms. The Kier molecular flexibility index (Phi) is 7.92. The highest BCUT2D eigenvalue weighted by Crippen LogP contribution is 2.49. The fourth-order valence-corrected chi connectivity index (χ4v) is 6.04. The number of aromatic nitrogens is 3. The maximum atomic E-state index is 12.2. The van der Waals surface area contributed by atoms with E-state index in [1.54, 1.807) is 12.3 Å². The van der Waals surface area contributed by atoms with Gasteiger partial charge in [-0.2, -0.15) is 10.1 Å². The zero-order valence-corrected chi connectivity index (χ0v) is 24.8. The van der Waals surface area contributed by atoms with Gasteiger partial charge in [0.25, 0.3) is 5.91 Å². The first kappa shape index (κ1) is 29.1. The number of carbonyl (C=O) groups excluding carboxylic acids is 2. The monoisotopic (exact) mass is 595 g/mol. The number of aliphatic imine (C=N–C) groups is 1. The van der Waals surface area contributed by atoms with E-state index in [-0.39, 0.29) is 35.4 Å². The number of amidine groups is 1. The van der Waals surface area contributed by atoms with Gasteiger partial charge in [0, 0.05) is 61.6 Å². The number of nitrogens with zero attached hydrogens (tertiary/aromatic N) is 6. The van der Waals surface area contributed by atoms with Crippen LogP contribution in [0.1, 0.15) is 60.0 Å². The number of amides is 1. The Labute approximate surface area is 255 Å². The van der Waals surface area contributed by atoms with Crippen molar-refractivity contribution in [3.63, 3.8) is 0 Å². The van der Waals surface area contributed by atoms with Gasteiger partial charge >= 0.3 is 0 Å². The third-order valence-electron chi connectivity index (χ3n) is 8.51. The summed E-state index contributed by atoms with van der Waals surface area (Å²) in [6, 6.07) is 9.98. The molecule has 1 amide bonds. The van der Waals surface area contributed by atoms with E-state index in [1.165, 1.54) is 11.8 Å². The standard InChI is InChI=1S/C32H37N9O3/c1-3-28-31-24(13-36-41(31)22-15-40(16-22)14-21-10-7-19(17-42)12-35-21)23-5-4-6-26(30(23)39(28)2)37-27(25(33)18-43)11-29(34)38-32(44)20-8-9-20/h4-7,10-13,17-18,20,22,28,37,43H,3,8-9,14-16,33H2,1-2H3,(H2,34,38,44)/b25-18+,27-11+. The van der Waals surface area contributed by atoms with E-state index in [0.717, 1.165) is 79.6 Å². The van der Waals surface area contributed by atoms with Gasteiger partial charge in [0.05, 0.1) is 52.4 Å². The normalized spacial score (nSPS) is 19.3. The molecule has 228 valence electrons. The molecule has 3 aliphatic rings. The molecule has 2 aliphatic heterocycles. The van der Waals surface area contributed by atoms with Gasteiger partial charge in [0.1, 0.15) is 12.1 Å². The largest absolute Gasteiger partial charge is 0.513 e. The lowest BCUT2D eigenvalue weighted by atomic mass is 9.91. The number of para-hydroxylation sites is 1. The van der Waals surface area contributed by atoms with E-state index in [2.05, 4.69) is 49.8 Å². The van der Waals surface area contributed by atoms with E-state index in [4.69, 9.17) is 16.6 Å². The second-order valence-electron chi connectivity index (χ2n) is 11.6. The Hall–Kier alpha value is -4.97. The van der Waals surface area contributed by atoms with Gasteiger partial charge in [-0.05, 0) is 37.5 Å². The van der Waals surface area contributed by atoms with Crippen LogP contribution in [-0.2, 0) is 11.3 Å². The summed E-state index contributed by atoms with van der Waals surface area (Å²) in [5, 5.41) is 17.9. The number of anilines is 2. The van der Waals surface area contributed by atoms with Crippen molar-refractivity contribution in [3.8, 4) is 11.1 Å². The summed E-state index contributed by atoms with van der Waals surface area (Å²) in [6.07, 6.45) is 9.14. The van der Waals surface area contributed by atoms with Gasteiger partial charge in [0.2, 0.25) is 0 Å². The minimum Gasteiger partial charge on any atom is -0.513 e. The second-order valence-corrected chi connectivity index (χ2v) is 11.6. The Bertz CT molecular complexity index is 1660. The molecule has 0 bridgehead atoms. The molecule has 1 atom stereocenters. The van der Waals surface area contributed by atoms with Gasteiger partial charge in [-0.3, -0.25) is 24.2 Å². The number of aliphatic hydroxyl groups excluding tert-OH is 1. The summed E-state index contributed by atoms with van der Waals surface area (Å²) in [5.74, 6) is -0.274. The minimum absolute atomic E-state index is 0.0191. The number of aliphatic hydroxyl groups is 1. The zero-order valence-electron chi connectivity index (χ0n) is 24.8. The van der Waals surface area contributed by atoms with E-state index in [9.17, 15) is 14.7 Å². The number of carbonyl (C=O) groups is 2. The predicted molar refractivity (Wildman–Crippen MR) is 169 cm³/mol. The second kappa shape index (κ2) is 12.0. The molecule has 4 heterocycles. The zero-order chi connectivity index (χ0) is 31.0. The predicted octanol–water partition coefficient (Wildman–Crippen LogP) is 3.66. The van der Waals surface area contributed by atoms with Gasteiger partial charge in [-0.1, -0.05) is 19.1 Å². The molecule has 0 radical (unpaired) electrons. The Morgan fingerprint density at radius 2 is 1.95 bits per heavy atom. The molecular formula is C32H37N9O3. The number of benzene rings is 1. The maximum Gasteiger partial charge on any atom is 0.250 e. The summed E-state index contributed by atoms with van der Waals surface area (Å²) in [4.78, 5) is 36.1. The molecule has 1 aliphatic carbocycles. The number of hydrogen-bond donors (Lipinski definition) is 4. The SMILES string of the molecule is CCC1c2c(cnn2C2CN(Cc3ccc(C=O)cn3)C2)-c2cccc(NC(=C/C(N)=NC(=O)C3CC3)/C(N)=C\O)c2N1C. The van der Waals surface area contributed by atoms with Crippen LogP contribution in [0.2, 0.25) is 0 Å². The summed E-state index contributed by atoms with van der Waals surface area (Å²) < 4.78 is 2.17. The van der Waals surface area contributed by atoms with Gasteiger partial charge in [-0.15, -0.1) is 0 Å². The van der Waals surface area contributed by atoms with Gasteiger partial charge in [0.15, 0.2) is 6.29 Å². The van der Waals surface area contributed by atoms with Gasteiger partial charge in [-0.25, -0.2) is 0 Å². The van der Waals surface area contributed by atoms with Crippen molar-refractivity contribution in [2.45, 2.75) is 44.8 Å². The molecule has 6 N–H and O–H groups in total. The summed E-state index contributed by atoms with van der Waals surface area (Å²) in [7, 11) is 2.07. The van der Waals surface area contributed by atoms with Crippen molar-refractivity contribution < 1.29 is 14.7 Å². The number of nitrogens with two attached hydrogens (primary N) is 2. The number of pyridine rings is 1. The summed E-state index contributed by atoms with van der Waals surface area (Å²) in [6.45, 7) is 4.59. The number of aldehydes is 1. The molecule has 2 fully saturated rings.